The van der Waals surface area contributed by atoms with Gasteiger partial charge >= 0.3 is 6.09 Å². The summed E-state index contributed by atoms with van der Waals surface area (Å²) in [5, 5.41) is 2.34. The molecule has 0 aromatic heterocycles. The van der Waals surface area contributed by atoms with Gasteiger partial charge in [-0.2, -0.15) is 0 Å². The van der Waals surface area contributed by atoms with Gasteiger partial charge in [-0.1, -0.05) is 0 Å². The van der Waals surface area contributed by atoms with Gasteiger partial charge in [-0.05, 0) is 6.92 Å². The standard InChI is InChI=1S/C5H8FNO2/c1-5(2-6)3-9-4(8)7-5/h2-3H2,1H3,(H,7,8). The molecule has 1 saturated heterocycles. The number of ether oxygens (including phenoxy) is 1. The third kappa shape index (κ3) is 1.12. The van der Waals surface area contributed by atoms with Crippen LogP contribution in [0.3, 0.4) is 0 Å². The summed E-state index contributed by atoms with van der Waals surface area (Å²) < 4.78 is 16.4. The number of rotatable bonds is 1. The van der Waals surface area contributed by atoms with Gasteiger partial charge in [-0.25, -0.2) is 9.18 Å². The Hall–Kier alpha value is -0.800. The first kappa shape index (κ1) is 6.32. The van der Waals surface area contributed by atoms with Crippen LogP contribution in [-0.2, 0) is 4.74 Å². The van der Waals surface area contributed by atoms with E-state index in [9.17, 15) is 9.18 Å². The zero-order valence-electron chi connectivity index (χ0n) is 5.11. The van der Waals surface area contributed by atoms with Crippen LogP contribution in [0, 0.1) is 0 Å². The molecule has 0 aliphatic carbocycles. The van der Waals surface area contributed by atoms with Crippen molar-refractivity contribution in [2.75, 3.05) is 13.3 Å². The molecule has 1 amide bonds. The average molecular weight is 133 g/mol. The fourth-order valence-electron chi connectivity index (χ4n) is 0.615. The molecule has 0 radical (unpaired) electrons. The van der Waals surface area contributed by atoms with Crippen LogP contribution in [0.2, 0.25) is 0 Å². The number of carbonyl (C=O) groups excluding carboxylic acids is 1. The predicted molar refractivity (Wildman–Crippen MR) is 28.9 cm³/mol. The zero-order valence-corrected chi connectivity index (χ0v) is 5.11. The first-order chi connectivity index (χ1) is 4.16. The first-order valence-electron chi connectivity index (χ1n) is 2.67. The van der Waals surface area contributed by atoms with Crippen molar-refractivity contribution in [2.24, 2.45) is 0 Å². The van der Waals surface area contributed by atoms with Gasteiger partial charge < -0.3 is 10.1 Å². The normalized spacial score (nSPS) is 33.8. The van der Waals surface area contributed by atoms with Gasteiger partial charge in [-0.3, -0.25) is 0 Å². The van der Waals surface area contributed by atoms with Crippen LogP contribution in [0.5, 0.6) is 0 Å². The van der Waals surface area contributed by atoms with Crippen LogP contribution in [0.4, 0.5) is 9.18 Å². The number of hydrogen-bond donors (Lipinski definition) is 1. The Labute approximate surface area is 52.2 Å². The Morgan fingerprint density at radius 3 is 2.89 bits per heavy atom. The maximum atomic E-state index is 12.0. The van der Waals surface area contributed by atoms with Crippen molar-refractivity contribution in [1.82, 2.24) is 5.32 Å². The monoisotopic (exact) mass is 133 g/mol. The van der Waals surface area contributed by atoms with Gasteiger partial charge in [0, 0.05) is 0 Å². The van der Waals surface area contributed by atoms with Crippen LogP contribution in [-0.4, -0.2) is 24.9 Å². The van der Waals surface area contributed by atoms with E-state index in [0.717, 1.165) is 0 Å². The Morgan fingerprint density at radius 2 is 2.67 bits per heavy atom. The summed E-state index contributed by atoms with van der Waals surface area (Å²) in [6, 6.07) is 0. The lowest BCUT2D eigenvalue weighted by molar-refractivity contribution is 0.170. The average Bonchev–Trinajstić information content (AvgIpc) is 2.13. The molecule has 1 atom stereocenters. The minimum atomic E-state index is -0.781. The fourth-order valence-corrected chi connectivity index (χ4v) is 0.615. The summed E-state index contributed by atoms with van der Waals surface area (Å²) in [4.78, 5) is 10.3. The van der Waals surface area contributed by atoms with Gasteiger partial charge in [-0.15, -0.1) is 0 Å². The molecule has 9 heavy (non-hydrogen) atoms. The van der Waals surface area contributed by atoms with E-state index in [1.54, 1.807) is 6.92 Å². The largest absolute Gasteiger partial charge is 0.447 e. The summed E-state index contributed by atoms with van der Waals surface area (Å²) in [7, 11) is 0. The summed E-state index contributed by atoms with van der Waals surface area (Å²) in [6.45, 7) is 1.14. The molecule has 0 aromatic rings. The van der Waals surface area contributed by atoms with E-state index < -0.39 is 18.3 Å². The lowest BCUT2D eigenvalue weighted by Crippen LogP contribution is -2.42. The number of hydrogen-bond acceptors (Lipinski definition) is 2. The number of alkyl halides is 1. The van der Waals surface area contributed by atoms with Crippen molar-refractivity contribution in [3.63, 3.8) is 0 Å². The number of cyclic esters (lactones) is 1. The van der Waals surface area contributed by atoms with Crippen LogP contribution in [0.25, 0.3) is 0 Å². The van der Waals surface area contributed by atoms with Gasteiger partial charge in [0.1, 0.15) is 18.8 Å². The number of amides is 1. The summed E-state index contributed by atoms with van der Waals surface area (Å²) in [6.07, 6.45) is -0.532. The van der Waals surface area contributed by atoms with Crippen molar-refractivity contribution >= 4 is 6.09 Å². The SMILES string of the molecule is CC1(CF)COC(=O)N1. The molecule has 1 aliphatic rings. The van der Waals surface area contributed by atoms with E-state index in [0.29, 0.717) is 0 Å². The lowest BCUT2D eigenvalue weighted by atomic mass is 10.1. The molecule has 1 rings (SSSR count). The molecular weight excluding hydrogens is 125 g/mol. The van der Waals surface area contributed by atoms with E-state index in [1.165, 1.54) is 0 Å². The van der Waals surface area contributed by atoms with E-state index in [-0.39, 0.29) is 6.61 Å². The number of halogens is 1. The van der Waals surface area contributed by atoms with Crippen molar-refractivity contribution in [3.05, 3.63) is 0 Å². The molecular formula is C5H8FNO2. The number of nitrogens with one attached hydrogen (secondary N) is 1. The third-order valence-corrected chi connectivity index (χ3v) is 1.22. The molecule has 0 saturated carbocycles. The predicted octanol–water partition coefficient (Wildman–Crippen LogP) is 0.454. The zero-order chi connectivity index (χ0) is 6.91. The van der Waals surface area contributed by atoms with Crippen molar-refractivity contribution < 1.29 is 13.9 Å². The molecule has 1 unspecified atom stereocenters. The van der Waals surface area contributed by atoms with Gasteiger partial charge in [0.15, 0.2) is 0 Å². The summed E-state index contributed by atoms with van der Waals surface area (Å²) in [5.74, 6) is 0. The molecule has 1 heterocycles. The maximum Gasteiger partial charge on any atom is 0.407 e. The second kappa shape index (κ2) is 1.86. The third-order valence-electron chi connectivity index (χ3n) is 1.22. The first-order valence-corrected chi connectivity index (χ1v) is 2.67. The number of alkyl carbamates (subject to hydrolysis) is 1. The highest BCUT2D eigenvalue weighted by Gasteiger charge is 2.34. The topological polar surface area (TPSA) is 38.3 Å². The molecule has 1 aliphatic heterocycles. The lowest BCUT2D eigenvalue weighted by Gasteiger charge is -2.14. The second-order valence-electron chi connectivity index (χ2n) is 2.40. The molecule has 3 nitrogen and oxygen atoms in total. The molecule has 1 N–H and O–H groups in total. The minimum absolute atomic E-state index is 0.127. The van der Waals surface area contributed by atoms with Crippen LogP contribution >= 0.6 is 0 Å². The van der Waals surface area contributed by atoms with Gasteiger partial charge in [0.25, 0.3) is 0 Å². The summed E-state index contributed by atoms with van der Waals surface area (Å²) in [5.41, 5.74) is -0.781. The van der Waals surface area contributed by atoms with E-state index in [4.69, 9.17) is 0 Å². The Bertz CT molecular complexity index is 139. The molecule has 0 spiro atoms. The van der Waals surface area contributed by atoms with Crippen molar-refractivity contribution in [2.45, 2.75) is 12.5 Å². The Balaban J connectivity index is 2.54. The highest BCUT2D eigenvalue weighted by Crippen LogP contribution is 2.11. The van der Waals surface area contributed by atoms with Gasteiger partial charge in [0.05, 0.1) is 0 Å². The van der Waals surface area contributed by atoms with Crippen molar-refractivity contribution in [1.29, 1.82) is 0 Å². The van der Waals surface area contributed by atoms with E-state index in [2.05, 4.69) is 10.1 Å². The van der Waals surface area contributed by atoms with Crippen LogP contribution in [0.1, 0.15) is 6.92 Å². The number of carbonyl (C=O) groups is 1. The molecule has 0 aromatic carbocycles. The highest BCUT2D eigenvalue weighted by molar-refractivity contribution is 5.70. The second-order valence-corrected chi connectivity index (χ2v) is 2.40. The van der Waals surface area contributed by atoms with Crippen molar-refractivity contribution in [3.8, 4) is 0 Å². The summed E-state index contributed by atoms with van der Waals surface area (Å²) >= 11 is 0. The molecule has 52 valence electrons. The highest BCUT2D eigenvalue weighted by atomic mass is 19.1. The van der Waals surface area contributed by atoms with Gasteiger partial charge in [0.2, 0.25) is 0 Å². The van der Waals surface area contributed by atoms with E-state index >= 15 is 0 Å². The fraction of sp³-hybridized carbons (Fsp3) is 0.800. The Kier molecular flexibility index (Phi) is 1.31. The molecule has 4 heteroatoms. The minimum Gasteiger partial charge on any atom is -0.447 e. The van der Waals surface area contributed by atoms with E-state index in [1.807, 2.05) is 0 Å². The molecule has 0 bridgehead atoms. The maximum absolute atomic E-state index is 12.0. The van der Waals surface area contributed by atoms with Crippen LogP contribution < -0.4 is 5.32 Å². The van der Waals surface area contributed by atoms with Crippen LogP contribution in [0.15, 0.2) is 0 Å². The molecule has 1 fully saturated rings. The quantitative estimate of drug-likeness (QED) is 0.564. The smallest absolute Gasteiger partial charge is 0.407 e. The Morgan fingerprint density at radius 1 is 2.00 bits per heavy atom.